The number of rotatable bonds is 4. The molecule has 3 nitrogen and oxygen atoms in total. The van der Waals surface area contributed by atoms with E-state index in [-0.39, 0.29) is 11.0 Å². The Labute approximate surface area is 109 Å². The molecule has 2 atom stereocenters. The van der Waals surface area contributed by atoms with Crippen LogP contribution in [0.1, 0.15) is 39.0 Å². The highest BCUT2D eigenvalue weighted by Crippen LogP contribution is 2.31. The summed E-state index contributed by atoms with van der Waals surface area (Å²) in [6, 6.07) is 8.40. The zero-order valence-corrected chi connectivity index (χ0v) is 11.5. The summed E-state index contributed by atoms with van der Waals surface area (Å²) in [7, 11) is -3.60. The molecule has 1 aromatic rings. The van der Waals surface area contributed by atoms with E-state index < -0.39 is 10.1 Å². The topological polar surface area (TPSA) is 43.4 Å². The molecule has 1 fully saturated rings. The van der Waals surface area contributed by atoms with Gasteiger partial charge in [-0.3, -0.25) is 4.18 Å². The van der Waals surface area contributed by atoms with Crippen LogP contribution in [0.4, 0.5) is 0 Å². The second-order valence-electron chi connectivity index (χ2n) is 4.85. The van der Waals surface area contributed by atoms with Gasteiger partial charge in [0.05, 0.1) is 11.0 Å². The van der Waals surface area contributed by atoms with E-state index in [2.05, 4.69) is 6.92 Å². The molecule has 0 saturated heterocycles. The molecule has 0 aliphatic heterocycles. The summed E-state index contributed by atoms with van der Waals surface area (Å²) in [6.07, 6.45) is 5.01. The van der Waals surface area contributed by atoms with Crippen LogP contribution in [0.25, 0.3) is 0 Å². The van der Waals surface area contributed by atoms with Crippen LogP contribution in [-0.4, -0.2) is 14.5 Å². The lowest BCUT2D eigenvalue weighted by molar-refractivity contribution is 0.0966. The van der Waals surface area contributed by atoms with E-state index in [0.29, 0.717) is 5.92 Å². The zero-order chi connectivity index (χ0) is 13.0. The van der Waals surface area contributed by atoms with E-state index in [1.54, 1.807) is 30.3 Å². The van der Waals surface area contributed by atoms with Gasteiger partial charge in [0, 0.05) is 0 Å². The van der Waals surface area contributed by atoms with Gasteiger partial charge in [0.2, 0.25) is 0 Å². The van der Waals surface area contributed by atoms with Crippen LogP contribution in [0.3, 0.4) is 0 Å². The van der Waals surface area contributed by atoms with Gasteiger partial charge < -0.3 is 0 Å². The van der Waals surface area contributed by atoms with E-state index in [1.165, 1.54) is 6.42 Å². The first-order valence-corrected chi connectivity index (χ1v) is 8.02. The highest BCUT2D eigenvalue weighted by atomic mass is 32.2. The Kier molecular flexibility index (Phi) is 4.40. The molecule has 0 N–H and O–H groups in total. The number of hydrogen-bond acceptors (Lipinski definition) is 3. The molecule has 1 aromatic carbocycles. The molecule has 0 spiro atoms. The van der Waals surface area contributed by atoms with Crippen LogP contribution in [-0.2, 0) is 14.3 Å². The van der Waals surface area contributed by atoms with Crippen LogP contribution in [0.15, 0.2) is 35.2 Å². The Hall–Kier alpha value is -0.870. The van der Waals surface area contributed by atoms with Crippen LogP contribution >= 0.6 is 0 Å². The molecule has 18 heavy (non-hydrogen) atoms. The molecular weight excluding hydrogens is 248 g/mol. The molecule has 0 bridgehead atoms. The summed E-state index contributed by atoms with van der Waals surface area (Å²) >= 11 is 0. The summed E-state index contributed by atoms with van der Waals surface area (Å²) in [4.78, 5) is 0.255. The molecule has 1 aliphatic carbocycles. The Bertz CT molecular complexity index is 467. The minimum Gasteiger partial charge on any atom is -0.263 e. The predicted octanol–water partition coefficient (Wildman–Crippen LogP) is 3.36. The normalized spacial score (nSPS) is 24.9. The lowest BCUT2D eigenvalue weighted by Crippen LogP contribution is -2.29. The molecule has 100 valence electrons. The summed E-state index contributed by atoms with van der Waals surface area (Å²) < 4.78 is 29.7. The quantitative estimate of drug-likeness (QED) is 0.786. The minimum absolute atomic E-state index is 0.144. The van der Waals surface area contributed by atoms with Crippen molar-refractivity contribution >= 4 is 10.1 Å². The average molecular weight is 268 g/mol. The highest BCUT2D eigenvalue weighted by Gasteiger charge is 2.29. The third kappa shape index (κ3) is 3.12. The van der Waals surface area contributed by atoms with Crippen molar-refractivity contribution < 1.29 is 12.6 Å². The smallest absolute Gasteiger partial charge is 0.263 e. The number of benzene rings is 1. The highest BCUT2D eigenvalue weighted by molar-refractivity contribution is 7.86. The van der Waals surface area contributed by atoms with Crippen LogP contribution < -0.4 is 0 Å². The summed E-state index contributed by atoms with van der Waals surface area (Å²) in [5.41, 5.74) is 0. The van der Waals surface area contributed by atoms with Gasteiger partial charge >= 0.3 is 0 Å². The maximum atomic E-state index is 12.1. The largest absolute Gasteiger partial charge is 0.297 e. The van der Waals surface area contributed by atoms with Gasteiger partial charge in [-0.25, -0.2) is 0 Å². The van der Waals surface area contributed by atoms with Crippen molar-refractivity contribution in [2.24, 2.45) is 5.92 Å². The fourth-order valence-corrected chi connectivity index (χ4v) is 3.75. The van der Waals surface area contributed by atoms with Gasteiger partial charge in [0.25, 0.3) is 10.1 Å². The van der Waals surface area contributed by atoms with Gasteiger partial charge in [-0.05, 0) is 30.9 Å². The Morgan fingerprint density at radius 3 is 2.50 bits per heavy atom. The van der Waals surface area contributed by atoms with Crippen molar-refractivity contribution in [3.63, 3.8) is 0 Å². The first-order chi connectivity index (χ1) is 8.63. The summed E-state index contributed by atoms with van der Waals surface area (Å²) in [5, 5.41) is 0. The molecule has 2 unspecified atom stereocenters. The van der Waals surface area contributed by atoms with Crippen molar-refractivity contribution in [2.45, 2.75) is 50.0 Å². The zero-order valence-electron chi connectivity index (χ0n) is 10.7. The van der Waals surface area contributed by atoms with E-state index in [0.717, 1.165) is 25.7 Å². The Balaban J connectivity index is 2.12. The molecular formula is C14H20O3S. The third-order valence-corrected chi connectivity index (χ3v) is 5.00. The van der Waals surface area contributed by atoms with E-state index in [1.807, 2.05) is 0 Å². The lowest BCUT2D eigenvalue weighted by atomic mass is 9.85. The van der Waals surface area contributed by atoms with Crippen LogP contribution in [0.5, 0.6) is 0 Å². The maximum Gasteiger partial charge on any atom is 0.297 e. The van der Waals surface area contributed by atoms with Crippen molar-refractivity contribution in [3.05, 3.63) is 30.3 Å². The molecule has 4 heteroatoms. The first kappa shape index (κ1) is 13.6. The van der Waals surface area contributed by atoms with Gasteiger partial charge in [0.15, 0.2) is 0 Å². The maximum absolute atomic E-state index is 12.1. The molecule has 1 saturated carbocycles. The average Bonchev–Trinajstić information content (AvgIpc) is 2.40. The van der Waals surface area contributed by atoms with Gasteiger partial charge in [0.1, 0.15) is 0 Å². The van der Waals surface area contributed by atoms with Crippen molar-refractivity contribution in [1.29, 1.82) is 0 Å². The van der Waals surface area contributed by atoms with Gasteiger partial charge in [-0.15, -0.1) is 0 Å². The standard InChI is InChI=1S/C14H20O3S/c1-2-12-8-6-7-11-14(12)17-18(15,16)13-9-4-3-5-10-13/h3-5,9-10,12,14H,2,6-8,11H2,1H3. The van der Waals surface area contributed by atoms with Gasteiger partial charge in [-0.2, -0.15) is 8.42 Å². The number of hydrogen-bond donors (Lipinski definition) is 0. The lowest BCUT2D eigenvalue weighted by Gasteiger charge is -2.29. The summed E-state index contributed by atoms with van der Waals surface area (Å²) in [5.74, 6) is 0.372. The van der Waals surface area contributed by atoms with Crippen molar-refractivity contribution in [1.82, 2.24) is 0 Å². The second kappa shape index (κ2) is 5.85. The second-order valence-corrected chi connectivity index (χ2v) is 6.43. The monoisotopic (exact) mass is 268 g/mol. The van der Waals surface area contributed by atoms with Gasteiger partial charge in [-0.1, -0.05) is 44.4 Å². The van der Waals surface area contributed by atoms with E-state index in [4.69, 9.17) is 4.18 Å². The Morgan fingerprint density at radius 2 is 1.83 bits per heavy atom. The fraction of sp³-hybridized carbons (Fsp3) is 0.571. The van der Waals surface area contributed by atoms with Crippen LogP contribution in [0.2, 0.25) is 0 Å². The SMILES string of the molecule is CCC1CCCCC1OS(=O)(=O)c1ccccc1. The molecule has 0 amide bonds. The molecule has 0 heterocycles. The third-order valence-electron chi connectivity index (χ3n) is 3.65. The Morgan fingerprint density at radius 1 is 1.17 bits per heavy atom. The molecule has 0 aromatic heterocycles. The molecule has 1 aliphatic rings. The summed E-state index contributed by atoms with van der Waals surface area (Å²) in [6.45, 7) is 2.10. The van der Waals surface area contributed by atoms with Crippen LogP contribution in [0, 0.1) is 5.92 Å². The minimum atomic E-state index is -3.60. The fourth-order valence-electron chi connectivity index (χ4n) is 2.57. The molecule has 2 rings (SSSR count). The molecule has 0 radical (unpaired) electrons. The van der Waals surface area contributed by atoms with Crippen molar-refractivity contribution in [2.75, 3.05) is 0 Å². The predicted molar refractivity (Wildman–Crippen MR) is 70.7 cm³/mol. The van der Waals surface area contributed by atoms with Crippen molar-refractivity contribution in [3.8, 4) is 0 Å². The van der Waals surface area contributed by atoms with E-state index in [9.17, 15) is 8.42 Å². The van der Waals surface area contributed by atoms with E-state index >= 15 is 0 Å². The first-order valence-electron chi connectivity index (χ1n) is 6.62.